The number of aliphatic hydroxyl groups excluding tert-OH is 1. The number of β-amino-alcohol motifs (C(OH)–C–C–N with tert-alkyl or cyclic N) is 1. The SMILES string of the molecule is N#CC1(C(=O)N2CCC(O)C2)CCOCC1. The van der Waals surface area contributed by atoms with Crippen LogP contribution in [0.1, 0.15) is 19.3 Å². The van der Waals surface area contributed by atoms with E-state index in [4.69, 9.17) is 4.74 Å². The molecule has 1 N–H and O–H groups in total. The van der Waals surface area contributed by atoms with E-state index in [1.54, 1.807) is 4.90 Å². The molecule has 1 amide bonds. The van der Waals surface area contributed by atoms with E-state index < -0.39 is 11.5 Å². The molecular formula is C11H16N2O3. The van der Waals surface area contributed by atoms with Crippen LogP contribution < -0.4 is 0 Å². The molecular weight excluding hydrogens is 208 g/mol. The fraction of sp³-hybridized carbons (Fsp3) is 0.818. The lowest BCUT2D eigenvalue weighted by molar-refractivity contribution is -0.142. The van der Waals surface area contributed by atoms with Crippen LogP contribution in [0.15, 0.2) is 0 Å². The van der Waals surface area contributed by atoms with Gasteiger partial charge in [-0.1, -0.05) is 0 Å². The van der Waals surface area contributed by atoms with E-state index >= 15 is 0 Å². The predicted molar refractivity (Wildman–Crippen MR) is 55.3 cm³/mol. The van der Waals surface area contributed by atoms with E-state index in [0.29, 0.717) is 45.6 Å². The zero-order valence-electron chi connectivity index (χ0n) is 9.19. The van der Waals surface area contributed by atoms with Gasteiger partial charge in [0.05, 0.1) is 12.2 Å². The Morgan fingerprint density at radius 3 is 2.69 bits per heavy atom. The summed E-state index contributed by atoms with van der Waals surface area (Å²) in [5, 5.41) is 18.6. The average Bonchev–Trinajstić information content (AvgIpc) is 2.76. The summed E-state index contributed by atoms with van der Waals surface area (Å²) in [5.74, 6) is -0.130. The first-order valence-electron chi connectivity index (χ1n) is 5.64. The van der Waals surface area contributed by atoms with Gasteiger partial charge in [0.15, 0.2) is 0 Å². The lowest BCUT2D eigenvalue weighted by Gasteiger charge is -2.32. The molecule has 88 valence electrons. The second-order valence-corrected chi connectivity index (χ2v) is 4.50. The highest BCUT2D eigenvalue weighted by Crippen LogP contribution is 2.33. The van der Waals surface area contributed by atoms with Crippen molar-refractivity contribution in [1.29, 1.82) is 5.26 Å². The van der Waals surface area contributed by atoms with Gasteiger partial charge in [-0.25, -0.2) is 0 Å². The minimum absolute atomic E-state index is 0.130. The molecule has 16 heavy (non-hydrogen) atoms. The Kier molecular flexibility index (Phi) is 3.13. The van der Waals surface area contributed by atoms with Crippen molar-refractivity contribution in [2.75, 3.05) is 26.3 Å². The molecule has 2 rings (SSSR count). The molecule has 0 aromatic heterocycles. The number of carbonyl (C=O) groups is 1. The van der Waals surface area contributed by atoms with Crippen LogP contribution in [0, 0.1) is 16.7 Å². The number of likely N-dealkylation sites (tertiary alicyclic amines) is 1. The molecule has 0 spiro atoms. The normalized spacial score (nSPS) is 28.8. The predicted octanol–water partition coefficient (Wildman–Crippen LogP) is -0.100. The van der Waals surface area contributed by atoms with Gasteiger partial charge in [0.2, 0.25) is 5.91 Å². The van der Waals surface area contributed by atoms with E-state index in [9.17, 15) is 15.2 Å². The first-order valence-corrected chi connectivity index (χ1v) is 5.64. The van der Waals surface area contributed by atoms with Crippen molar-refractivity contribution in [1.82, 2.24) is 4.90 Å². The Hall–Kier alpha value is -1.12. The third kappa shape index (κ3) is 1.91. The number of ether oxygens (including phenoxy) is 1. The number of hydrogen-bond acceptors (Lipinski definition) is 4. The van der Waals surface area contributed by atoms with Crippen molar-refractivity contribution < 1.29 is 14.6 Å². The van der Waals surface area contributed by atoms with Crippen molar-refractivity contribution in [2.45, 2.75) is 25.4 Å². The highest BCUT2D eigenvalue weighted by molar-refractivity contribution is 5.85. The van der Waals surface area contributed by atoms with Gasteiger partial charge < -0.3 is 14.7 Å². The smallest absolute Gasteiger partial charge is 0.243 e. The first-order chi connectivity index (χ1) is 7.68. The Morgan fingerprint density at radius 2 is 2.19 bits per heavy atom. The van der Waals surface area contributed by atoms with Gasteiger partial charge in [-0.2, -0.15) is 5.26 Å². The van der Waals surface area contributed by atoms with Crippen LogP contribution in [-0.2, 0) is 9.53 Å². The van der Waals surface area contributed by atoms with Gasteiger partial charge in [0.1, 0.15) is 5.41 Å². The Morgan fingerprint density at radius 1 is 1.50 bits per heavy atom. The van der Waals surface area contributed by atoms with Crippen molar-refractivity contribution in [2.24, 2.45) is 5.41 Å². The quantitative estimate of drug-likeness (QED) is 0.675. The van der Waals surface area contributed by atoms with Gasteiger partial charge >= 0.3 is 0 Å². The first kappa shape index (κ1) is 11.4. The summed E-state index contributed by atoms with van der Waals surface area (Å²) in [7, 11) is 0. The van der Waals surface area contributed by atoms with Gasteiger partial charge in [-0.3, -0.25) is 4.79 Å². The molecule has 5 heteroatoms. The van der Waals surface area contributed by atoms with Crippen LogP contribution in [0.5, 0.6) is 0 Å². The van der Waals surface area contributed by atoms with E-state index in [1.165, 1.54) is 0 Å². The lowest BCUT2D eigenvalue weighted by atomic mass is 9.80. The number of nitrogens with zero attached hydrogens (tertiary/aromatic N) is 2. The highest BCUT2D eigenvalue weighted by atomic mass is 16.5. The molecule has 0 aliphatic carbocycles. The van der Waals surface area contributed by atoms with Crippen molar-refractivity contribution >= 4 is 5.91 Å². The summed E-state index contributed by atoms with van der Waals surface area (Å²) < 4.78 is 5.19. The maximum Gasteiger partial charge on any atom is 0.243 e. The summed E-state index contributed by atoms with van der Waals surface area (Å²) in [6.07, 6.45) is 1.12. The minimum atomic E-state index is -0.914. The number of amides is 1. The van der Waals surface area contributed by atoms with Crippen LogP contribution in [0.25, 0.3) is 0 Å². The lowest BCUT2D eigenvalue weighted by Crippen LogP contribution is -2.45. The summed E-state index contributed by atoms with van der Waals surface area (Å²) >= 11 is 0. The fourth-order valence-corrected chi connectivity index (χ4v) is 2.32. The largest absolute Gasteiger partial charge is 0.391 e. The zero-order valence-corrected chi connectivity index (χ0v) is 9.19. The van der Waals surface area contributed by atoms with Gasteiger partial charge in [-0.05, 0) is 19.3 Å². The Labute approximate surface area is 94.6 Å². The van der Waals surface area contributed by atoms with Gasteiger partial charge in [-0.15, -0.1) is 0 Å². The average molecular weight is 224 g/mol. The topological polar surface area (TPSA) is 73.6 Å². The zero-order chi connectivity index (χ0) is 11.6. The van der Waals surface area contributed by atoms with Crippen molar-refractivity contribution in [3.63, 3.8) is 0 Å². The van der Waals surface area contributed by atoms with E-state index in [0.717, 1.165) is 0 Å². The molecule has 0 bridgehead atoms. The molecule has 2 heterocycles. The molecule has 1 unspecified atom stereocenters. The Bertz CT molecular complexity index is 318. The summed E-state index contributed by atoms with van der Waals surface area (Å²) in [5.41, 5.74) is -0.914. The number of hydrogen-bond donors (Lipinski definition) is 1. The molecule has 1 atom stereocenters. The van der Waals surface area contributed by atoms with Gasteiger partial charge in [0, 0.05) is 26.3 Å². The van der Waals surface area contributed by atoms with E-state index in [-0.39, 0.29) is 5.91 Å². The van der Waals surface area contributed by atoms with Crippen molar-refractivity contribution in [3.8, 4) is 6.07 Å². The van der Waals surface area contributed by atoms with Crippen LogP contribution in [-0.4, -0.2) is 48.3 Å². The van der Waals surface area contributed by atoms with E-state index in [1.807, 2.05) is 0 Å². The summed E-state index contributed by atoms with van der Waals surface area (Å²) in [4.78, 5) is 13.8. The number of nitriles is 1. The Balaban J connectivity index is 2.09. The van der Waals surface area contributed by atoms with Crippen molar-refractivity contribution in [3.05, 3.63) is 0 Å². The highest BCUT2D eigenvalue weighted by Gasteiger charge is 2.44. The molecule has 2 fully saturated rings. The molecule has 0 aromatic rings. The summed E-state index contributed by atoms with van der Waals surface area (Å²) in [6.45, 7) is 1.86. The van der Waals surface area contributed by atoms with Gasteiger partial charge in [0.25, 0.3) is 0 Å². The summed E-state index contributed by atoms with van der Waals surface area (Å²) in [6, 6.07) is 2.16. The maximum absolute atomic E-state index is 12.2. The second kappa shape index (κ2) is 4.40. The molecule has 0 saturated carbocycles. The van der Waals surface area contributed by atoms with Crippen LogP contribution in [0.3, 0.4) is 0 Å². The molecule has 0 radical (unpaired) electrons. The van der Waals surface area contributed by atoms with Crippen LogP contribution in [0.2, 0.25) is 0 Å². The van der Waals surface area contributed by atoms with Crippen LogP contribution in [0.4, 0.5) is 0 Å². The monoisotopic (exact) mass is 224 g/mol. The molecule has 2 aliphatic rings. The number of carbonyl (C=O) groups excluding carboxylic acids is 1. The maximum atomic E-state index is 12.2. The second-order valence-electron chi connectivity index (χ2n) is 4.50. The van der Waals surface area contributed by atoms with Crippen LogP contribution >= 0.6 is 0 Å². The standard InChI is InChI=1S/C11H16N2O3/c12-8-11(2-5-16-6-3-11)10(15)13-4-1-9(14)7-13/h9,14H,1-7H2. The molecule has 2 aliphatic heterocycles. The third-order valence-electron chi connectivity index (χ3n) is 3.42. The molecule has 5 nitrogen and oxygen atoms in total. The fourth-order valence-electron chi connectivity index (χ4n) is 2.32. The number of rotatable bonds is 1. The van der Waals surface area contributed by atoms with E-state index in [2.05, 4.69) is 6.07 Å². The number of aliphatic hydroxyl groups is 1. The molecule has 2 saturated heterocycles. The minimum Gasteiger partial charge on any atom is -0.391 e. The molecule has 0 aromatic carbocycles. The third-order valence-corrected chi connectivity index (χ3v) is 3.42.